The van der Waals surface area contributed by atoms with Gasteiger partial charge in [-0.1, -0.05) is 23.7 Å². The molecule has 110 valence electrons. The molecule has 0 saturated carbocycles. The minimum atomic E-state index is -0.256. The second-order valence-electron chi connectivity index (χ2n) is 4.25. The summed E-state index contributed by atoms with van der Waals surface area (Å²) < 4.78 is 0. The van der Waals surface area contributed by atoms with Crippen LogP contribution in [0, 0.1) is 0 Å². The highest BCUT2D eigenvalue weighted by atomic mass is 35.5. The highest BCUT2D eigenvalue weighted by Crippen LogP contribution is 2.23. The summed E-state index contributed by atoms with van der Waals surface area (Å²) in [5, 5.41) is 14.9. The number of nitrogens with two attached hydrogens (primary N) is 1. The van der Waals surface area contributed by atoms with Crippen LogP contribution in [0.1, 0.15) is 27.0 Å². The van der Waals surface area contributed by atoms with Gasteiger partial charge >= 0.3 is 0 Å². The lowest BCUT2D eigenvalue weighted by Crippen LogP contribution is -2.18. The summed E-state index contributed by atoms with van der Waals surface area (Å²) in [4.78, 5) is 14.0. The molecule has 1 heterocycles. The lowest BCUT2D eigenvalue weighted by Gasteiger charge is -2.10. The van der Waals surface area contributed by atoms with Crippen LogP contribution in [0.15, 0.2) is 35.5 Å². The number of rotatable bonds is 4. The Labute approximate surface area is 131 Å². The second-order valence-corrected chi connectivity index (χ2v) is 5.85. The molecular formula is C14H14ClN3O2S. The number of nitrogens with zero attached hydrogens (tertiary/aromatic N) is 1. The molecule has 1 amide bonds. The molecule has 0 atom stereocenters. The van der Waals surface area contributed by atoms with Gasteiger partial charge in [0.2, 0.25) is 0 Å². The first-order valence-corrected chi connectivity index (χ1v) is 7.42. The Morgan fingerprint density at radius 3 is 2.81 bits per heavy atom. The summed E-state index contributed by atoms with van der Waals surface area (Å²) in [5.74, 6) is -0.351. The van der Waals surface area contributed by atoms with Crippen LogP contribution in [0.4, 0.5) is 5.69 Å². The van der Waals surface area contributed by atoms with E-state index in [1.165, 1.54) is 11.3 Å². The zero-order chi connectivity index (χ0) is 15.4. The van der Waals surface area contributed by atoms with Gasteiger partial charge in [-0.15, -0.1) is 11.3 Å². The average Bonchev–Trinajstić information content (AvgIpc) is 2.95. The highest BCUT2D eigenvalue weighted by molar-refractivity contribution is 7.14. The number of amides is 1. The van der Waals surface area contributed by atoms with E-state index >= 15 is 0 Å². The molecule has 2 rings (SSSR count). The standard InChI is InChI=1S/C14H14ClN3O2S/c1-2-9-4-6-12(21-9)14(19)17-11-7-8(15)3-5-10(11)13(16)18-20/h3-7,20H,2H2,1H3,(H2,16,18)(H,17,19). The van der Waals surface area contributed by atoms with E-state index in [1.807, 2.05) is 13.0 Å². The smallest absolute Gasteiger partial charge is 0.265 e. The summed E-state index contributed by atoms with van der Waals surface area (Å²) in [6, 6.07) is 8.43. The Balaban J connectivity index is 2.30. The molecule has 0 radical (unpaired) electrons. The Bertz CT molecular complexity index is 697. The maximum Gasteiger partial charge on any atom is 0.265 e. The van der Waals surface area contributed by atoms with Crippen molar-refractivity contribution in [2.75, 3.05) is 5.32 Å². The number of nitrogens with one attached hydrogen (secondary N) is 1. The molecule has 4 N–H and O–H groups in total. The predicted octanol–water partition coefficient (Wildman–Crippen LogP) is 3.31. The third-order valence-electron chi connectivity index (χ3n) is 2.85. The topological polar surface area (TPSA) is 87.7 Å². The Hall–Kier alpha value is -2.05. The van der Waals surface area contributed by atoms with Crippen molar-refractivity contribution in [2.45, 2.75) is 13.3 Å². The van der Waals surface area contributed by atoms with Crippen molar-refractivity contribution in [3.8, 4) is 0 Å². The molecule has 0 saturated heterocycles. The van der Waals surface area contributed by atoms with Crippen molar-refractivity contribution < 1.29 is 10.0 Å². The van der Waals surface area contributed by atoms with Gasteiger partial charge in [-0.05, 0) is 36.8 Å². The van der Waals surface area contributed by atoms with Crippen LogP contribution < -0.4 is 11.1 Å². The summed E-state index contributed by atoms with van der Waals surface area (Å²) in [6.45, 7) is 2.03. The van der Waals surface area contributed by atoms with Crippen LogP contribution in [0.25, 0.3) is 0 Å². The fourth-order valence-electron chi connectivity index (χ4n) is 1.77. The molecule has 0 unspecified atom stereocenters. The molecule has 0 aliphatic carbocycles. The van der Waals surface area contributed by atoms with E-state index in [0.717, 1.165) is 11.3 Å². The van der Waals surface area contributed by atoms with Gasteiger partial charge in [-0.3, -0.25) is 4.79 Å². The molecule has 5 nitrogen and oxygen atoms in total. The second kappa shape index (κ2) is 6.60. The van der Waals surface area contributed by atoms with Crippen molar-refractivity contribution >= 4 is 40.4 Å². The van der Waals surface area contributed by atoms with Crippen molar-refractivity contribution in [1.82, 2.24) is 0 Å². The van der Waals surface area contributed by atoms with Gasteiger partial charge in [-0.2, -0.15) is 0 Å². The quantitative estimate of drug-likeness (QED) is 0.349. The van der Waals surface area contributed by atoms with Crippen molar-refractivity contribution in [3.05, 3.63) is 50.7 Å². The van der Waals surface area contributed by atoms with E-state index in [0.29, 0.717) is 21.2 Å². The zero-order valence-electron chi connectivity index (χ0n) is 11.3. The lowest BCUT2D eigenvalue weighted by molar-refractivity contribution is 0.103. The van der Waals surface area contributed by atoms with E-state index < -0.39 is 0 Å². The van der Waals surface area contributed by atoms with Gasteiger partial charge in [0.05, 0.1) is 10.6 Å². The Kier molecular flexibility index (Phi) is 4.82. The molecule has 0 bridgehead atoms. The van der Waals surface area contributed by atoms with Gasteiger partial charge in [-0.25, -0.2) is 0 Å². The van der Waals surface area contributed by atoms with Gasteiger partial charge in [0.15, 0.2) is 5.84 Å². The van der Waals surface area contributed by atoms with Gasteiger partial charge in [0.25, 0.3) is 5.91 Å². The number of thiophene rings is 1. The number of benzene rings is 1. The minimum Gasteiger partial charge on any atom is -0.409 e. The first kappa shape index (κ1) is 15.3. The number of carbonyl (C=O) groups is 1. The maximum atomic E-state index is 12.2. The summed E-state index contributed by atoms with van der Waals surface area (Å²) in [5.41, 5.74) is 6.40. The van der Waals surface area contributed by atoms with Crippen LogP contribution in [0.3, 0.4) is 0 Å². The third kappa shape index (κ3) is 3.53. The summed E-state index contributed by atoms with van der Waals surface area (Å²) >= 11 is 7.36. The number of halogens is 1. The van der Waals surface area contributed by atoms with E-state index in [4.69, 9.17) is 22.5 Å². The van der Waals surface area contributed by atoms with Crippen LogP contribution in [-0.2, 0) is 6.42 Å². The van der Waals surface area contributed by atoms with E-state index in [9.17, 15) is 4.79 Å². The number of hydrogen-bond donors (Lipinski definition) is 3. The molecule has 2 aromatic rings. The molecule has 21 heavy (non-hydrogen) atoms. The lowest BCUT2D eigenvalue weighted by atomic mass is 10.1. The fraction of sp³-hybridized carbons (Fsp3) is 0.143. The van der Waals surface area contributed by atoms with E-state index in [2.05, 4.69) is 10.5 Å². The normalized spacial score (nSPS) is 11.4. The number of carbonyl (C=O) groups excluding carboxylic acids is 1. The van der Waals surface area contributed by atoms with Gasteiger partial charge in [0.1, 0.15) is 0 Å². The molecule has 7 heteroatoms. The zero-order valence-corrected chi connectivity index (χ0v) is 12.8. The first-order valence-electron chi connectivity index (χ1n) is 6.22. The molecular weight excluding hydrogens is 310 g/mol. The van der Waals surface area contributed by atoms with Crippen molar-refractivity contribution in [2.24, 2.45) is 10.9 Å². The van der Waals surface area contributed by atoms with Crippen LogP contribution in [0.2, 0.25) is 5.02 Å². The molecule has 1 aromatic heterocycles. The Morgan fingerprint density at radius 1 is 1.43 bits per heavy atom. The number of amidine groups is 1. The molecule has 0 aliphatic rings. The van der Waals surface area contributed by atoms with Crippen LogP contribution in [0.5, 0.6) is 0 Å². The summed E-state index contributed by atoms with van der Waals surface area (Å²) in [7, 11) is 0. The number of hydrogen-bond acceptors (Lipinski definition) is 4. The fourth-order valence-corrected chi connectivity index (χ4v) is 2.79. The largest absolute Gasteiger partial charge is 0.409 e. The highest BCUT2D eigenvalue weighted by Gasteiger charge is 2.14. The van der Waals surface area contributed by atoms with E-state index in [-0.39, 0.29) is 11.7 Å². The van der Waals surface area contributed by atoms with Crippen LogP contribution in [-0.4, -0.2) is 17.0 Å². The SMILES string of the molecule is CCc1ccc(C(=O)Nc2cc(Cl)ccc2C(N)=NO)s1. The van der Waals surface area contributed by atoms with Gasteiger partial charge < -0.3 is 16.3 Å². The first-order chi connectivity index (χ1) is 10.0. The number of oxime groups is 1. The van der Waals surface area contributed by atoms with Crippen LogP contribution >= 0.6 is 22.9 Å². The Morgan fingerprint density at radius 2 is 2.19 bits per heavy atom. The maximum absolute atomic E-state index is 12.2. The van der Waals surface area contributed by atoms with Crippen molar-refractivity contribution in [1.29, 1.82) is 0 Å². The number of aryl methyl sites for hydroxylation is 1. The molecule has 0 spiro atoms. The molecule has 0 aliphatic heterocycles. The number of anilines is 1. The van der Waals surface area contributed by atoms with Gasteiger partial charge in [0, 0.05) is 15.5 Å². The monoisotopic (exact) mass is 323 g/mol. The third-order valence-corrected chi connectivity index (χ3v) is 4.31. The van der Waals surface area contributed by atoms with Crippen molar-refractivity contribution in [3.63, 3.8) is 0 Å². The predicted molar refractivity (Wildman–Crippen MR) is 85.6 cm³/mol. The van der Waals surface area contributed by atoms with E-state index in [1.54, 1.807) is 24.3 Å². The molecule has 1 aromatic carbocycles. The summed E-state index contributed by atoms with van der Waals surface area (Å²) in [6.07, 6.45) is 0.879. The molecule has 0 fully saturated rings. The average molecular weight is 324 g/mol. The minimum absolute atomic E-state index is 0.0950.